The van der Waals surface area contributed by atoms with E-state index in [4.69, 9.17) is 9.47 Å². The normalized spacial score (nSPS) is 16.8. The number of ketones is 1. The van der Waals surface area contributed by atoms with Crippen LogP contribution >= 0.6 is 0 Å². The Labute approximate surface area is 227 Å². The summed E-state index contributed by atoms with van der Waals surface area (Å²) in [6.45, 7) is 7.66. The van der Waals surface area contributed by atoms with E-state index < -0.39 is 23.5 Å². The third kappa shape index (κ3) is 5.23. The first-order valence-corrected chi connectivity index (χ1v) is 12.5. The molecule has 3 aromatic carbocycles. The maximum absolute atomic E-state index is 13.6. The summed E-state index contributed by atoms with van der Waals surface area (Å²) in [6, 6.07) is 18.3. The molecule has 0 bridgehead atoms. The van der Waals surface area contributed by atoms with Crippen molar-refractivity contribution in [3.8, 4) is 11.5 Å². The summed E-state index contributed by atoms with van der Waals surface area (Å²) in [4.78, 5) is 40.2. The summed E-state index contributed by atoms with van der Waals surface area (Å²) < 4.78 is 10.9. The van der Waals surface area contributed by atoms with Gasteiger partial charge in [-0.25, -0.2) is 0 Å². The fourth-order valence-electron chi connectivity index (χ4n) is 4.74. The molecule has 1 aliphatic rings. The number of hydrogen-bond acceptors (Lipinski definition) is 6. The number of nitrogens with zero attached hydrogens (tertiary/aromatic N) is 1. The summed E-state index contributed by atoms with van der Waals surface area (Å²) in [5, 5.41) is 14.4. The quantitative estimate of drug-likeness (QED) is 0.246. The van der Waals surface area contributed by atoms with Gasteiger partial charge in [-0.15, -0.1) is 0 Å². The largest absolute Gasteiger partial charge is 0.506 e. The molecule has 4 rings (SSSR count). The highest BCUT2D eigenvalue weighted by Crippen LogP contribution is 2.45. The van der Waals surface area contributed by atoms with Gasteiger partial charge >= 0.3 is 0 Å². The van der Waals surface area contributed by atoms with Gasteiger partial charge in [0.2, 0.25) is 5.91 Å². The number of carbonyl (C=O) groups is 3. The number of aliphatic hydroxyl groups excluding tert-OH is 1. The van der Waals surface area contributed by atoms with Crippen molar-refractivity contribution in [2.24, 2.45) is 0 Å². The zero-order valence-electron chi connectivity index (χ0n) is 22.9. The number of benzene rings is 3. The molecule has 1 aliphatic heterocycles. The van der Waals surface area contributed by atoms with Gasteiger partial charge in [0.15, 0.2) is 0 Å². The average molecular weight is 529 g/mol. The van der Waals surface area contributed by atoms with Crippen LogP contribution in [0.2, 0.25) is 0 Å². The predicted octanol–water partition coefficient (Wildman–Crippen LogP) is 5.59. The maximum Gasteiger partial charge on any atom is 0.300 e. The Kier molecular flexibility index (Phi) is 7.49. The lowest BCUT2D eigenvalue weighted by Crippen LogP contribution is -2.29. The molecule has 2 N–H and O–H groups in total. The highest BCUT2D eigenvalue weighted by Gasteiger charge is 2.47. The lowest BCUT2D eigenvalue weighted by Gasteiger charge is -2.27. The fourth-order valence-corrected chi connectivity index (χ4v) is 4.74. The molecule has 2 amide bonds. The molecule has 8 heteroatoms. The standard InChI is InChI=1S/C31H32N2O6/c1-18(34)32-21-9-7-10-22(17-21)33-27(19-13-15-20(16-14-19)31(2,3)4)26(29(36)30(33)37)28(35)25-23(38-5)11-8-12-24(25)39-6/h7-17,27,35H,1-6H3,(H,32,34)/b28-26+. The predicted molar refractivity (Wildman–Crippen MR) is 150 cm³/mol. The number of hydrogen-bond donors (Lipinski definition) is 2. The van der Waals surface area contributed by atoms with E-state index in [9.17, 15) is 19.5 Å². The molecule has 1 unspecified atom stereocenters. The second-order valence-electron chi connectivity index (χ2n) is 10.3. The molecule has 1 fully saturated rings. The molecule has 202 valence electrons. The minimum Gasteiger partial charge on any atom is -0.506 e. The van der Waals surface area contributed by atoms with E-state index in [-0.39, 0.29) is 34.0 Å². The smallest absolute Gasteiger partial charge is 0.300 e. The Hall–Kier alpha value is -4.59. The van der Waals surface area contributed by atoms with E-state index >= 15 is 0 Å². The molecular formula is C31H32N2O6. The number of methoxy groups -OCH3 is 2. The first-order valence-electron chi connectivity index (χ1n) is 12.5. The van der Waals surface area contributed by atoms with Crippen molar-refractivity contribution in [1.29, 1.82) is 0 Å². The molecule has 0 saturated carbocycles. The first kappa shape index (κ1) is 27.4. The van der Waals surface area contributed by atoms with E-state index in [2.05, 4.69) is 26.1 Å². The van der Waals surface area contributed by atoms with Crippen LogP contribution in [0.5, 0.6) is 11.5 Å². The number of nitrogens with one attached hydrogen (secondary N) is 1. The number of ether oxygens (including phenoxy) is 2. The van der Waals surface area contributed by atoms with Crippen LogP contribution in [0.3, 0.4) is 0 Å². The van der Waals surface area contributed by atoms with Crippen LogP contribution in [0.4, 0.5) is 11.4 Å². The van der Waals surface area contributed by atoms with E-state index in [1.807, 2.05) is 24.3 Å². The van der Waals surface area contributed by atoms with Crippen molar-refractivity contribution < 1.29 is 29.0 Å². The van der Waals surface area contributed by atoms with Gasteiger partial charge in [-0.1, -0.05) is 57.2 Å². The van der Waals surface area contributed by atoms with Gasteiger partial charge in [-0.2, -0.15) is 0 Å². The number of anilines is 2. The number of carbonyl (C=O) groups excluding carboxylic acids is 3. The second-order valence-corrected chi connectivity index (χ2v) is 10.3. The Bertz CT molecular complexity index is 1440. The minimum absolute atomic E-state index is 0.101. The van der Waals surface area contributed by atoms with Gasteiger partial charge in [0, 0.05) is 18.3 Å². The Morgan fingerprint density at radius 2 is 1.51 bits per heavy atom. The molecule has 1 atom stereocenters. The molecule has 1 heterocycles. The van der Waals surface area contributed by atoms with Crippen molar-refractivity contribution in [2.45, 2.75) is 39.2 Å². The molecule has 1 saturated heterocycles. The fraction of sp³-hybridized carbons (Fsp3) is 0.258. The molecule has 3 aromatic rings. The van der Waals surface area contributed by atoms with E-state index in [1.54, 1.807) is 42.5 Å². The van der Waals surface area contributed by atoms with Gasteiger partial charge in [0.05, 0.1) is 25.8 Å². The zero-order chi connectivity index (χ0) is 28.5. The summed E-state index contributed by atoms with van der Waals surface area (Å²) in [7, 11) is 2.89. The molecule has 0 aromatic heterocycles. The van der Waals surface area contributed by atoms with Crippen LogP contribution in [0.25, 0.3) is 5.76 Å². The number of Topliss-reactive ketones (excluding diaryl/α,β-unsaturated/α-hetero) is 1. The molecule has 0 aliphatic carbocycles. The summed E-state index contributed by atoms with van der Waals surface area (Å²) in [5.74, 6) is -1.77. The summed E-state index contributed by atoms with van der Waals surface area (Å²) >= 11 is 0. The second kappa shape index (κ2) is 10.6. The molecule has 0 radical (unpaired) electrons. The van der Waals surface area contributed by atoms with Gasteiger partial charge in [-0.05, 0) is 46.9 Å². The van der Waals surface area contributed by atoms with Gasteiger partial charge in [0.1, 0.15) is 22.8 Å². The van der Waals surface area contributed by atoms with E-state index in [1.165, 1.54) is 26.0 Å². The molecule has 8 nitrogen and oxygen atoms in total. The van der Waals surface area contributed by atoms with Crippen molar-refractivity contribution in [3.05, 3.63) is 89.0 Å². The van der Waals surface area contributed by atoms with Crippen LogP contribution in [-0.2, 0) is 19.8 Å². The van der Waals surface area contributed by atoms with Gasteiger partial charge in [-0.3, -0.25) is 19.3 Å². The minimum atomic E-state index is -0.957. The Morgan fingerprint density at radius 3 is 2.05 bits per heavy atom. The maximum atomic E-state index is 13.6. The van der Waals surface area contributed by atoms with Crippen LogP contribution in [0.1, 0.15) is 50.4 Å². The number of aliphatic hydroxyl groups is 1. The zero-order valence-corrected chi connectivity index (χ0v) is 22.9. The third-order valence-corrected chi connectivity index (χ3v) is 6.65. The Morgan fingerprint density at radius 1 is 0.923 bits per heavy atom. The van der Waals surface area contributed by atoms with Crippen molar-refractivity contribution in [3.63, 3.8) is 0 Å². The van der Waals surface area contributed by atoms with Crippen molar-refractivity contribution in [1.82, 2.24) is 0 Å². The van der Waals surface area contributed by atoms with Crippen molar-refractivity contribution in [2.75, 3.05) is 24.4 Å². The first-order chi connectivity index (χ1) is 18.5. The van der Waals surface area contributed by atoms with Crippen molar-refractivity contribution >= 4 is 34.7 Å². The highest BCUT2D eigenvalue weighted by atomic mass is 16.5. The summed E-state index contributed by atoms with van der Waals surface area (Å²) in [5.41, 5.74) is 2.51. The van der Waals surface area contributed by atoms with E-state index in [0.29, 0.717) is 16.9 Å². The van der Waals surface area contributed by atoms with Crippen LogP contribution in [0.15, 0.2) is 72.3 Å². The Balaban J connectivity index is 1.98. The summed E-state index contributed by atoms with van der Waals surface area (Å²) in [6.07, 6.45) is 0. The molecule has 0 spiro atoms. The number of amides is 2. The molecular weight excluding hydrogens is 496 g/mol. The topological polar surface area (TPSA) is 105 Å². The van der Waals surface area contributed by atoms with Crippen LogP contribution < -0.4 is 19.7 Å². The van der Waals surface area contributed by atoms with E-state index in [0.717, 1.165) is 5.56 Å². The molecule has 39 heavy (non-hydrogen) atoms. The highest BCUT2D eigenvalue weighted by molar-refractivity contribution is 6.51. The monoisotopic (exact) mass is 528 g/mol. The lowest BCUT2D eigenvalue weighted by molar-refractivity contribution is -0.132. The third-order valence-electron chi connectivity index (χ3n) is 6.65. The van der Waals surface area contributed by atoms with Gasteiger partial charge in [0.25, 0.3) is 11.7 Å². The van der Waals surface area contributed by atoms with Crippen LogP contribution in [0, 0.1) is 0 Å². The lowest BCUT2D eigenvalue weighted by atomic mass is 9.85. The number of rotatable bonds is 6. The average Bonchev–Trinajstić information content (AvgIpc) is 3.17. The van der Waals surface area contributed by atoms with Gasteiger partial charge < -0.3 is 19.9 Å². The van der Waals surface area contributed by atoms with Crippen LogP contribution in [-0.4, -0.2) is 36.9 Å². The SMILES string of the molecule is COc1cccc(OC)c1/C(O)=C1\C(=O)C(=O)N(c2cccc(NC(C)=O)c2)C1c1ccc(C(C)(C)C)cc1.